The Bertz CT molecular complexity index is 680. The third kappa shape index (κ3) is 4.23. The van der Waals surface area contributed by atoms with Crippen molar-refractivity contribution >= 4 is 17.5 Å². The molecule has 0 aliphatic heterocycles. The van der Waals surface area contributed by atoms with E-state index in [1.54, 1.807) is 30.3 Å². The lowest BCUT2D eigenvalue weighted by Crippen LogP contribution is -2.28. The Kier molecular flexibility index (Phi) is 5.19. The van der Waals surface area contributed by atoms with Gasteiger partial charge in [-0.05, 0) is 23.8 Å². The molecule has 4 nitrogen and oxygen atoms in total. The molecule has 0 radical (unpaired) electrons. The fourth-order valence-electron chi connectivity index (χ4n) is 1.71. The SMILES string of the molecule is N#Cc1ccccc1OCC(=O)NCc1ccccc1Cl. The van der Waals surface area contributed by atoms with Gasteiger partial charge in [0.1, 0.15) is 11.8 Å². The predicted octanol–water partition coefficient (Wildman–Crippen LogP) is 2.91. The Morgan fingerprint density at radius 1 is 1.19 bits per heavy atom. The van der Waals surface area contributed by atoms with Crippen molar-refractivity contribution in [2.45, 2.75) is 6.54 Å². The predicted molar refractivity (Wildman–Crippen MR) is 80.0 cm³/mol. The van der Waals surface area contributed by atoms with Crippen LogP contribution < -0.4 is 10.1 Å². The highest BCUT2D eigenvalue weighted by Gasteiger charge is 2.07. The number of nitriles is 1. The number of carbonyl (C=O) groups excluding carboxylic acids is 1. The zero-order valence-corrected chi connectivity index (χ0v) is 11.9. The maximum Gasteiger partial charge on any atom is 0.258 e. The largest absolute Gasteiger partial charge is 0.482 e. The number of carbonyl (C=O) groups is 1. The van der Waals surface area contributed by atoms with Gasteiger partial charge >= 0.3 is 0 Å². The molecular formula is C16H13ClN2O2. The highest BCUT2D eigenvalue weighted by Crippen LogP contribution is 2.16. The zero-order valence-electron chi connectivity index (χ0n) is 11.2. The maximum atomic E-state index is 11.7. The lowest BCUT2D eigenvalue weighted by Gasteiger charge is -2.09. The standard InChI is InChI=1S/C16H13ClN2O2/c17-14-7-3-1-6-13(14)10-19-16(20)11-21-15-8-4-2-5-12(15)9-18/h1-8H,10-11H2,(H,19,20). The fourth-order valence-corrected chi connectivity index (χ4v) is 1.92. The van der Waals surface area contributed by atoms with Crippen LogP contribution in [0.25, 0.3) is 0 Å². The van der Waals surface area contributed by atoms with Crippen LogP contribution in [0.2, 0.25) is 5.02 Å². The number of para-hydroxylation sites is 1. The van der Waals surface area contributed by atoms with Crippen LogP contribution in [0.4, 0.5) is 0 Å². The van der Waals surface area contributed by atoms with E-state index in [9.17, 15) is 4.79 Å². The van der Waals surface area contributed by atoms with Crippen LogP contribution in [0.5, 0.6) is 5.75 Å². The Hall–Kier alpha value is -2.51. The minimum absolute atomic E-state index is 0.150. The number of rotatable bonds is 5. The minimum atomic E-state index is -0.275. The minimum Gasteiger partial charge on any atom is -0.482 e. The number of amides is 1. The van der Waals surface area contributed by atoms with Crippen LogP contribution in [0.15, 0.2) is 48.5 Å². The summed E-state index contributed by atoms with van der Waals surface area (Å²) in [6.45, 7) is 0.185. The third-order valence-electron chi connectivity index (χ3n) is 2.80. The number of benzene rings is 2. The molecular weight excluding hydrogens is 288 g/mol. The summed E-state index contributed by atoms with van der Waals surface area (Å²) in [5.41, 5.74) is 1.24. The number of halogens is 1. The molecule has 0 saturated heterocycles. The van der Waals surface area contributed by atoms with Crippen LogP contribution in [-0.4, -0.2) is 12.5 Å². The topological polar surface area (TPSA) is 62.1 Å². The van der Waals surface area contributed by atoms with E-state index in [-0.39, 0.29) is 12.5 Å². The maximum absolute atomic E-state index is 11.7. The molecule has 2 aromatic rings. The Balaban J connectivity index is 1.86. The first-order chi connectivity index (χ1) is 10.2. The quantitative estimate of drug-likeness (QED) is 0.923. The molecule has 0 saturated carbocycles. The van der Waals surface area contributed by atoms with Gasteiger partial charge in [-0.15, -0.1) is 0 Å². The van der Waals surface area contributed by atoms with Gasteiger partial charge in [0.05, 0.1) is 5.56 Å². The summed E-state index contributed by atoms with van der Waals surface area (Å²) in [7, 11) is 0. The molecule has 1 amide bonds. The highest BCUT2D eigenvalue weighted by molar-refractivity contribution is 6.31. The molecule has 21 heavy (non-hydrogen) atoms. The third-order valence-corrected chi connectivity index (χ3v) is 3.17. The van der Waals surface area contributed by atoms with Crippen LogP contribution >= 0.6 is 11.6 Å². The van der Waals surface area contributed by atoms with E-state index in [2.05, 4.69) is 5.32 Å². The summed E-state index contributed by atoms with van der Waals surface area (Å²) in [4.78, 5) is 11.7. The molecule has 2 aromatic carbocycles. The Labute approximate surface area is 127 Å². The van der Waals surface area contributed by atoms with Crippen molar-refractivity contribution in [3.63, 3.8) is 0 Å². The van der Waals surface area contributed by atoms with Gasteiger partial charge in [-0.2, -0.15) is 5.26 Å². The molecule has 0 aliphatic carbocycles. The summed E-state index contributed by atoms with van der Waals surface area (Å²) in [5.74, 6) is 0.121. The number of nitrogens with zero attached hydrogens (tertiary/aromatic N) is 1. The van der Waals surface area contributed by atoms with Crippen molar-refractivity contribution in [2.75, 3.05) is 6.61 Å². The molecule has 0 atom stereocenters. The zero-order chi connectivity index (χ0) is 15.1. The first-order valence-electron chi connectivity index (χ1n) is 6.32. The van der Waals surface area contributed by atoms with Gasteiger partial charge in [-0.3, -0.25) is 4.79 Å². The molecule has 2 rings (SSSR count). The summed E-state index contributed by atoms with van der Waals surface area (Å²) in [5, 5.41) is 12.2. The van der Waals surface area contributed by atoms with Gasteiger partial charge in [0.25, 0.3) is 5.91 Å². The molecule has 0 fully saturated rings. The van der Waals surface area contributed by atoms with Crippen LogP contribution in [0.1, 0.15) is 11.1 Å². The summed E-state index contributed by atoms with van der Waals surface area (Å²) < 4.78 is 5.34. The van der Waals surface area contributed by atoms with Gasteiger partial charge in [-0.25, -0.2) is 0 Å². The average molecular weight is 301 g/mol. The Morgan fingerprint density at radius 2 is 1.90 bits per heavy atom. The van der Waals surface area contributed by atoms with E-state index < -0.39 is 0 Å². The van der Waals surface area contributed by atoms with Crippen molar-refractivity contribution < 1.29 is 9.53 Å². The highest BCUT2D eigenvalue weighted by atomic mass is 35.5. The van der Waals surface area contributed by atoms with Gasteiger partial charge in [0, 0.05) is 11.6 Å². The second kappa shape index (κ2) is 7.32. The first-order valence-corrected chi connectivity index (χ1v) is 6.70. The summed E-state index contributed by atoms with van der Waals surface area (Å²) in [6, 6.07) is 16.1. The van der Waals surface area contributed by atoms with Gasteiger partial charge < -0.3 is 10.1 Å². The molecule has 1 N–H and O–H groups in total. The van der Waals surface area contributed by atoms with Gasteiger partial charge in [0.2, 0.25) is 0 Å². The van der Waals surface area contributed by atoms with Crippen molar-refractivity contribution in [1.29, 1.82) is 5.26 Å². The molecule has 0 heterocycles. The fraction of sp³-hybridized carbons (Fsp3) is 0.125. The van der Waals surface area contributed by atoms with Gasteiger partial charge in [-0.1, -0.05) is 41.9 Å². The monoisotopic (exact) mass is 300 g/mol. The second-order valence-electron chi connectivity index (χ2n) is 4.26. The molecule has 0 aromatic heterocycles. The molecule has 106 valence electrons. The average Bonchev–Trinajstić information content (AvgIpc) is 2.52. The van der Waals surface area contributed by atoms with Gasteiger partial charge in [0.15, 0.2) is 6.61 Å². The van der Waals surface area contributed by atoms with Crippen LogP contribution in [0.3, 0.4) is 0 Å². The second-order valence-corrected chi connectivity index (χ2v) is 4.67. The van der Waals surface area contributed by atoms with E-state index >= 15 is 0 Å². The smallest absolute Gasteiger partial charge is 0.258 e. The van der Waals surface area contributed by atoms with Crippen LogP contribution in [-0.2, 0) is 11.3 Å². The van der Waals surface area contributed by atoms with E-state index in [1.165, 1.54) is 0 Å². The molecule has 0 unspecified atom stereocenters. The van der Waals surface area contributed by atoms with Crippen molar-refractivity contribution in [2.24, 2.45) is 0 Å². The lowest BCUT2D eigenvalue weighted by atomic mass is 10.2. The lowest BCUT2D eigenvalue weighted by molar-refractivity contribution is -0.123. The first kappa shape index (κ1) is 14.9. The van der Waals surface area contributed by atoms with Crippen molar-refractivity contribution in [3.05, 3.63) is 64.7 Å². The van der Waals surface area contributed by atoms with E-state index in [0.29, 0.717) is 22.9 Å². The molecule has 0 aliphatic rings. The Morgan fingerprint density at radius 3 is 2.67 bits per heavy atom. The summed E-state index contributed by atoms with van der Waals surface area (Å²) >= 11 is 6.00. The normalized spacial score (nSPS) is 9.71. The number of hydrogen-bond donors (Lipinski definition) is 1. The van der Waals surface area contributed by atoms with E-state index in [1.807, 2.05) is 24.3 Å². The summed E-state index contributed by atoms with van der Waals surface area (Å²) in [6.07, 6.45) is 0. The molecule has 5 heteroatoms. The van der Waals surface area contributed by atoms with Crippen molar-refractivity contribution in [1.82, 2.24) is 5.32 Å². The van der Waals surface area contributed by atoms with E-state index in [4.69, 9.17) is 21.6 Å². The van der Waals surface area contributed by atoms with E-state index in [0.717, 1.165) is 5.56 Å². The number of hydrogen-bond acceptors (Lipinski definition) is 3. The molecule has 0 bridgehead atoms. The number of nitrogens with one attached hydrogen (secondary N) is 1. The van der Waals surface area contributed by atoms with Crippen molar-refractivity contribution in [3.8, 4) is 11.8 Å². The number of ether oxygens (including phenoxy) is 1. The van der Waals surface area contributed by atoms with Crippen LogP contribution in [0, 0.1) is 11.3 Å². The molecule has 0 spiro atoms.